The fourth-order valence-corrected chi connectivity index (χ4v) is 4.74. The molecule has 1 atom stereocenters. The number of fused-ring (bicyclic) bond motifs is 1. The first-order valence-electron chi connectivity index (χ1n) is 10.4. The number of methoxy groups -OCH3 is 2. The second-order valence-corrected chi connectivity index (χ2v) is 8.57. The third kappa shape index (κ3) is 4.26. The molecule has 0 saturated heterocycles. The van der Waals surface area contributed by atoms with Crippen molar-refractivity contribution in [1.29, 1.82) is 0 Å². The first kappa shape index (κ1) is 21.2. The fourth-order valence-electron chi connectivity index (χ4n) is 4.09. The molecule has 1 aliphatic rings. The van der Waals surface area contributed by atoms with Crippen LogP contribution in [0.3, 0.4) is 0 Å². The van der Waals surface area contributed by atoms with Gasteiger partial charge in [-0.1, -0.05) is 37.3 Å². The minimum absolute atomic E-state index is 0.00893. The number of carbonyl (C=O) groups excluding carboxylic acids is 1. The Hall–Kier alpha value is -2.99. The molecule has 1 aliphatic heterocycles. The molecular formula is C25H26N2O3S. The maximum absolute atomic E-state index is 13.7. The number of ether oxygens (including phenoxy) is 2. The Morgan fingerprint density at radius 1 is 1.10 bits per heavy atom. The van der Waals surface area contributed by atoms with Gasteiger partial charge in [0.05, 0.1) is 25.3 Å². The van der Waals surface area contributed by atoms with E-state index in [0.29, 0.717) is 23.6 Å². The maximum Gasteiger partial charge on any atom is 0.254 e. The van der Waals surface area contributed by atoms with Crippen LogP contribution >= 0.6 is 11.8 Å². The van der Waals surface area contributed by atoms with Crippen LogP contribution in [0.15, 0.2) is 65.8 Å². The summed E-state index contributed by atoms with van der Waals surface area (Å²) in [6.07, 6.45) is 2.47. The molecule has 0 bridgehead atoms. The number of aromatic nitrogens is 1. The van der Waals surface area contributed by atoms with Gasteiger partial charge in [0, 0.05) is 18.3 Å². The lowest BCUT2D eigenvalue weighted by Crippen LogP contribution is -2.40. The number of thioether (sulfide) groups is 1. The third-order valence-electron chi connectivity index (χ3n) is 5.52. The van der Waals surface area contributed by atoms with E-state index in [4.69, 9.17) is 9.47 Å². The van der Waals surface area contributed by atoms with E-state index in [2.05, 4.69) is 24.0 Å². The van der Waals surface area contributed by atoms with Crippen molar-refractivity contribution in [2.24, 2.45) is 0 Å². The van der Waals surface area contributed by atoms with E-state index >= 15 is 0 Å². The number of hydrogen-bond acceptors (Lipinski definition) is 5. The molecule has 0 radical (unpaired) electrons. The van der Waals surface area contributed by atoms with Gasteiger partial charge in [-0.15, -0.1) is 11.8 Å². The lowest BCUT2D eigenvalue weighted by Gasteiger charge is -2.38. The van der Waals surface area contributed by atoms with Crippen molar-refractivity contribution in [1.82, 2.24) is 9.88 Å². The minimum atomic E-state index is -0.201. The highest BCUT2D eigenvalue weighted by atomic mass is 32.2. The fraction of sp³-hybridized carbons (Fsp3) is 0.280. The number of carbonyl (C=O) groups is 1. The Labute approximate surface area is 187 Å². The number of amides is 1. The number of nitrogens with zero attached hydrogens (tertiary/aromatic N) is 2. The van der Waals surface area contributed by atoms with E-state index in [1.54, 1.807) is 38.2 Å². The standard InChI is InChI=1S/C25H26N2O3S/c1-4-31-23-15-19(10-12-26-23)25(28)27-13-11-18-14-21(29-2)22(30-3)16-20(18)24(27)17-8-6-5-7-9-17/h5-10,12,14-16,24H,4,11,13H2,1-3H3. The van der Waals surface area contributed by atoms with Gasteiger partial charge in [0.25, 0.3) is 5.91 Å². The van der Waals surface area contributed by atoms with Crippen LogP contribution in [0.25, 0.3) is 0 Å². The van der Waals surface area contributed by atoms with Crippen LogP contribution in [0.5, 0.6) is 11.5 Å². The molecule has 0 saturated carbocycles. The zero-order valence-electron chi connectivity index (χ0n) is 18.0. The summed E-state index contributed by atoms with van der Waals surface area (Å²) >= 11 is 1.64. The molecule has 2 aromatic carbocycles. The Morgan fingerprint density at radius 3 is 2.55 bits per heavy atom. The quantitative estimate of drug-likeness (QED) is 0.511. The Balaban J connectivity index is 1.80. The summed E-state index contributed by atoms with van der Waals surface area (Å²) in [6, 6.07) is 17.7. The van der Waals surface area contributed by atoms with Gasteiger partial charge >= 0.3 is 0 Å². The van der Waals surface area contributed by atoms with E-state index in [9.17, 15) is 4.79 Å². The van der Waals surface area contributed by atoms with Crippen LogP contribution < -0.4 is 9.47 Å². The van der Waals surface area contributed by atoms with Gasteiger partial charge in [-0.25, -0.2) is 4.98 Å². The van der Waals surface area contributed by atoms with Crippen molar-refractivity contribution in [3.63, 3.8) is 0 Å². The molecule has 0 aliphatic carbocycles. The molecule has 2 heterocycles. The average molecular weight is 435 g/mol. The Bertz CT molecular complexity index is 1070. The Morgan fingerprint density at radius 2 is 1.84 bits per heavy atom. The summed E-state index contributed by atoms with van der Waals surface area (Å²) in [5.74, 6) is 2.30. The lowest BCUT2D eigenvalue weighted by atomic mass is 9.87. The summed E-state index contributed by atoms with van der Waals surface area (Å²) in [6.45, 7) is 2.70. The van der Waals surface area contributed by atoms with E-state index < -0.39 is 0 Å². The van der Waals surface area contributed by atoms with Crippen molar-refractivity contribution in [3.05, 3.63) is 83.0 Å². The van der Waals surface area contributed by atoms with Crippen molar-refractivity contribution in [2.75, 3.05) is 26.5 Å². The predicted molar refractivity (Wildman–Crippen MR) is 123 cm³/mol. The molecular weight excluding hydrogens is 408 g/mol. The first-order valence-corrected chi connectivity index (χ1v) is 11.3. The largest absolute Gasteiger partial charge is 0.493 e. The summed E-state index contributed by atoms with van der Waals surface area (Å²) in [5.41, 5.74) is 3.98. The van der Waals surface area contributed by atoms with Gasteiger partial charge < -0.3 is 14.4 Å². The molecule has 160 valence electrons. The summed E-state index contributed by atoms with van der Waals surface area (Å²) < 4.78 is 11.1. The number of hydrogen-bond donors (Lipinski definition) is 0. The van der Waals surface area contributed by atoms with Crippen molar-refractivity contribution in [2.45, 2.75) is 24.4 Å². The van der Waals surface area contributed by atoms with Gasteiger partial charge in [-0.3, -0.25) is 4.79 Å². The first-order chi connectivity index (χ1) is 15.2. The number of pyridine rings is 1. The average Bonchev–Trinajstić information content (AvgIpc) is 2.82. The molecule has 6 heteroatoms. The molecule has 0 spiro atoms. The molecule has 3 aromatic rings. The highest BCUT2D eigenvalue weighted by Crippen LogP contribution is 2.41. The molecule has 4 rings (SSSR count). The topological polar surface area (TPSA) is 51.7 Å². The Kier molecular flexibility index (Phi) is 6.47. The van der Waals surface area contributed by atoms with Crippen LogP contribution in [-0.4, -0.2) is 42.3 Å². The SMILES string of the molecule is CCSc1cc(C(=O)N2CCc3cc(OC)c(OC)cc3C2c2ccccc2)ccn1. The molecule has 0 fully saturated rings. The van der Waals surface area contributed by atoms with Crippen molar-refractivity contribution >= 4 is 17.7 Å². The second kappa shape index (κ2) is 9.43. The van der Waals surface area contributed by atoms with Gasteiger partial charge in [0.1, 0.15) is 0 Å². The van der Waals surface area contributed by atoms with E-state index in [-0.39, 0.29) is 11.9 Å². The van der Waals surface area contributed by atoms with Crippen LogP contribution in [-0.2, 0) is 6.42 Å². The number of rotatable bonds is 6. The molecule has 1 amide bonds. The normalized spacial score (nSPS) is 15.3. The van der Waals surface area contributed by atoms with Gasteiger partial charge in [0.2, 0.25) is 0 Å². The maximum atomic E-state index is 13.7. The van der Waals surface area contributed by atoms with Crippen LogP contribution in [0.4, 0.5) is 0 Å². The molecule has 0 N–H and O–H groups in total. The van der Waals surface area contributed by atoms with Gasteiger partial charge in [0.15, 0.2) is 11.5 Å². The monoisotopic (exact) mass is 434 g/mol. The van der Waals surface area contributed by atoms with Crippen molar-refractivity contribution < 1.29 is 14.3 Å². The number of benzene rings is 2. The van der Waals surface area contributed by atoms with Crippen LogP contribution in [0, 0.1) is 0 Å². The van der Waals surface area contributed by atoms with Gasteiger partial charge in [-0.2, -0.15) is 0 Å². The van der Waals surface area contributed by atoms with Crippen molar-refractivity contribution in [3.8, 4) is 11.5 Å². The predicted octanol–water partition coefficient (Wildman–Crippen LogP) is 5.00. The minimum Gasteiger partial charge on any atom is -0.493 e. The summed E-state index contributed by atoms with van der Waals surface area (Å²) in [7, 11) is 3.28. The molecule has 5 nitrogen and oxygen atoms in total. The molecule has 1 aromatic heterocycles. The smallest absolute Gasteiger partial charge is 0.254 e. The second-order valence-electron chi connectivity index (χ2n) is 7.28. The van der Waals surface area contributed by atoms with E-state index in [1.807, 2.05) is 41.3 Å². The van der Waals surface area contributed by atoms with E-state index in [1.165, 1.54) is 5.56 Å². The molecule has 31 heavy (non-hydrogen) atoms. The highest BCUT2D eigenvalue weighted by molar-refractivity contribution is 7.99. The lowest BCUT2D eigenvalue weighted by molar-refractivity contribution is 0.0693. The zero-order valence-corrected chi connectivity index (χ0v) is 18.8. The van der Waals surface area contributed by atoms with Crippen LogP contribution in [0.1, 0.15) is 40.0 Å². The zero-order chi connectivity index (χ0) is 21.8. The van der Waals surface area contributed by atoms with Crippen LogP contribution in [0.2, 0.25) is 0 Å². The third-order valence-corrected chi connectivity index (χ3v) is 6.33. The summed E-state index contributed by atoms with van der Waals surface area (Å²) in [5, 5.41) is 0.869. The van der Waals surface area contributed by atoms with Gasteiger partial charge in [-0.05, 0) is 53.1 Å². The van der Waals surface area contributed by atoms with E-state index in [0.717, 1.165) is 28.3 Å². The molecule has 1 unspecified atom stereocenters. The highest BCUT2D eigenvalue weighted by Gasteiger charge is 2.33. The summed E-state index contributed by atoms with van der Waals surface area (Å²) in [4.78, 5) is 20.0.